The van der Waals surface area contributed by atoms with Gasteiger partial charge in [-0.1, -0.05) is 11.6 Å². The number of amides is 2. The molecule has 1 aromatic carbocycles. The molecule has 0 spiro atoms. The molecule has 0 saturated carbocycles. The molecule has 1 aliphatic heterocycles. The summed E-state index contributed by atoms with van der Waals surface area (Å²) in [6, 6.07) is 8.03. The maximum absolute atomic E-state index is 13.4. The van der Waals surface area contributed by atoms with Crippen molar-refractivity contribution >= 4 is 40.1 Å². The lowest BCUT2D eigenvalue weighted by Crippen LogP contribution is -2.43. The van der Waals surface area contributed by atoms with Gasteiger partial charge in [0.25, 0.3) is 11.5 Å². The lowest BCUT2D eigenvalue weighted by Gasteiger charge is -2.27. The topological polar surface area (TPSA) is 106 Å². The van der Waals surface area contributed by atoms with Gasteiger partial charge in [0.1, 0.15) is 12.2 Å². The van der Waals surface area contributed by atoms with Crippen molar-refractivity contribution in [3.8, 4) is 0 Å². The van der Waals surface area contributed by atoms with Crippen LogP contribution in [0.4, 0.5) is 5.69 Å². The lowest BCUT2D eigenvalue weighted by atomic mass is 10.1. The van der Waals surface area contributed by atoms with E-state index in [2.05, 4.69) is 10.3 Å². The second kappa shape index (κ2) is 9.19. The molecule has 3 heterocycles. The number of rotatable bonds is 4. The number of hydrogen-bond donors (Lipinski definition) is 1. The highest BCUT2D eigenvalue weighted by atomic mass is 35.5. The van der Waals surface area contributed by atoms with Crippen LogP contribution in [0.1, 0.15) is 35.3 Å². The molecule has 2 amide bonds. The van der Waals surface area contributed by atoms with Gasteiger partial charge in [0.15, 0.2) is 0 Å². The fraction of sp³-hybridized carbons (Fsp3) is 0.348. The van der Waals surface area contributed by atoms with E-state index in [-0.39, 0.29) is 22.5 Å². The number of piperidine rings is 1. The number of benzene rings is 1. The summed E-state index contributed by atoms with van der Waals surface area (Å²) >= 11 is 5.86. The second-order valence-electron chi connectivity index (χ2n) is 8.15. The first-order valence-electron chi connectivity index (χ1n) is 10.7. The second-order valence-corrected chi connectivity index (χ2v) is 8.59. The maximum atomic E-state index is 13.4. The largest absolute Gasteiger partial charge is 0.339 e. The predicted molar refractivity (Wildman–Crippen MR) is 126 cm³/mol. The summed E-state index contributed by atoms with van der Waals surface area (Å²) in [4.78, 5) is 58.3. The highest BCUT2D eigenvalue weighted by Gasteiger charge is 2.25. The van der Waals surface area contributed by atoms with E-state index in [4.69, 9.17) is 11.6 Å². The summed E-state index contributed by atoms with van der Waals surface area (Å²) in [5.41, 5.74) is -0.0733. The molecule has 10 heteroatoms. The van der Waals surface area contributed by atoms with Gasteiger partial charge in [-0.3, -0.25) is 23.5 Å². The molecule has 0 atom stereocenters. The number of carbonyl (C=O) groups is 2. The van der Waals surface area contributed by atoms with Crippen LogP contribution in [0.25, 0.3) is 11.0 Å². The van der Waals surface area contributed by atoms with E-state index in [9.17, 15) is 19.2 Å². The first-order valence-corrected chi connectivity index (χ1v) is 11.1. The Kier molecular flexibility index (Phi) is 6.33. The van der Waals surface area contributed by atoms with Crippen molar-refractivity contribution in [2.75, 3.05) is 18.4 Å². The summed E-state index contributed by atoms with van der Waals surface area (Å²) in [5.74, 6) is -0.821. The Balaban J connectivity index is 1.78. The zero-order valence-electron chi connectivity index (χ0n) is 18.4. The van der Waals surface area contributed by atoms with Crippen LogP contribution in [0.3, 0.4) is 0 Å². The highest BCUT2D eigenvalue weighted by molar-refractivity contribution is 6.30. The maximum Gasteiger partial charge on any atom is 0.332 e. The quantitative estimate of drug-likeness (QED) is 0.631. The van der Waals surface area contributed by atoms with Crippen molar-refractivity contribution < 1.29 is 9.59 Å². The molecule has 0 unspecified atom stereocenters. The van der Waals surface area contributed by atoms with Crippen LogP contribution in [-0.2, 0) is 18.4 Å². The number of fused-ring (bicyclic) bond motifs is 1. The van der Waals surface area contributed by atoms with Crippen LogP contribution in [-0.4, -0.2) is 43.9 Å². The van der Waals surface area contributed by atoms with Gasteiger partial charge < -0.3 is 10.2 Å². The summed E-state index contributed by atoms with van der Waals surface area (Å²) < 4.78 is 2.03. The molecular weight excluding hydrogens is 446 g/mol. The highest BCUT2D eigenvalue weighted by Crippen LogP contribution is 2.19. The Hall–Kier alpha value is -3.46. The summed E-state index contributed by atoms with van der Waals surface area (Å²) in [5, 5.41) is 3.20. The van der Waals surface area contributed by atoms with Gasteiger partial charge >= 0.3 is 5.69 Å². The Morgan fingerprint density at radius 1 is 1.09 bits per heavy atom. The molecule has 4 rings (SSSR count). The third kappa shape index (κ3) is 4.54. The van der Waals surface area contributed by atoms with Gasteiger partial charge in [0.2, 0.25) is 5.91 Å². The minimum Gasteiger partial charge on any atom is -0.339 e. The molecule has 2 aromatic heterocycles. The van der Waals surface area contributed by atoms with Crippen molar-refractivity contribution in [2.45, 2.75) is 32.7 Å². The third-order valence-electron chi connectivity index (χ3n) is 5.73. The van der Waals surface area contributed by atoms with E-state index >= 15 is 0 Å². The molecule has 0 aliphatic carbocycles. The van der Waals surface area contributed by atoms with Crippen LogP contribution in [0.2, 0.25) is 5.02 Å². The molecule has 1 N–H and O–H groups in total. The summed E-state index contributed by atoms with van der Waals surface area (Å²) in [6.07, 6.45) is 2.87. The van der Waals surface area contributed by atoms with Crippen molar-refractivity contribution in [3.05, 3.63) is 67.4 Å². The first kappa shape index (κ1) is 22.7. The number of hydrogen-bond acceptors (Lipinski definition) is 5. The Morgan fingerprint density at radius 2 is 1.76 bits per heavy atom. The van der Waals surface area contributed by atoms with Gasteiger partial charge in [0.05, 0.1) is 10.9 Å². The van der Waals surface area contributed by atoms with Gasteiger partial charge in [-0.2, -0.15) is 0 Å². The number of carbonyl (C=O) groups excluding carboxylic acids is 2. The van der Waals surface area contributed by atoms with Gasteiger partial charge in [-0.15, -0.1) is 0 Å². The molecule has 172 valence electrons. The number of aromatic nitrogens is 3. The van der Waals surface area contributed by atoms with Crippen LogP contribution >= 0.6 is 11.6 Å². The third-order valence-corrected chi connectivity index (χ3v) is 5.98. The van der Waals surface area contributed by atoms with Gasteiger partial charge in [-0.25, -0.2) is 9.78 Å². The lowest BCUT2D eigenvalue weighted by molar-refractivity contribution is -0.116. The zero-order chi connectivity index (χ0) is 23.7. The molecule has 1 fully saturated rings. The SMILES string of the molecule is Cc1cc(C(=O)N2CCCCC2)c2c(=O)n(CC(=O)Nc3ccc(Cl)cc3)c(=O)n(C)c2n1. The Bertz CT molecular complexity index is 1350. The number of anilines is 1. The molecule has 33 heavy (non-hydrogen) atoms. The smallest absolute Gasteiger partial charge is 0.332 e. The average Bonchev–Trinajstić information content (AvgIpc) is 2.81. The number of pyridine rings is 1. The van der Waals surface area contributed by atoms with E-state index in [1.165, 1.54) is 11.6 Å². The van der Waals surface area contributed by atoms with Gasteiger partial charge in [0, 0.05) is 36.5 Å². The van der Waals surface area contributed by atoms with E-state index in [1.807, 2.05) is 0 Å². The number of nitrogens with one attached hydrogen (secondary N) is 1. The van der Waals surface area contributed by atoms with Crippen molar-refractivity contribution in [2.24, 2.45) is 7.05 Å². The average molecular weight is 470 g/mol. The van der Waals surface area contributed by atoms with Crippen LogP contribution in [0.5, 0.6) is 0 Å². The van der Waals surface area contributed by atoms with E-state index < -0.39 is 23.7 Å². The molecule has 9 nitrogen and oxygen atoms in total. The molecule has 0 radical (unpaired) electrons. The number of halogens is 1. The van der Waals surface area contributed by atoms with Crippen molar-refractivity contribution in [1.29, 1.82) is 0 Å². The Morgan fingerprint density at radius 3 is 2.42 bits per heavy atom. The minimum atomic E-state index is -0.716. The van der Waals surface area contributed by atoms with Crippen LogP contribution < -0.4 is 16.6 Å². The predicted octanol–water partition coefficient (Wildman–Crippen LogP) is 2.32. The number of aryl methyl sites for hydroxylation is 2. The monoisotopic (exact) mass is 469 g/mol. The molecule has 3 aromatic rings. The molecule has 0 bridgehead atoms. The van der Waals surface area contributed by atoms with Gasteiger partial charge in [-0.05, 0) is 56.5 Å². The number of likely N-dealkylation sites (tertiary alicyclic amines) is 1. The zero-order valence-corrected chi connectivity index (χ0v) is 19.2. The van der Waals surface area contributed by atoms with E-state index in [0.29, 0.717) is 29.5 Å². The standard InChI is InChI=1S/C23H24ClN5O4/c1-14-12-17(21(31)28-10-4-3-5-11-28)19-20(25-14)27(2)23(33)29(22(19)32)13-18(30)26-16-8-6-15(24)7-9-16/h6-9,12H,3-5,10-11,13H2,1-2H3,(H,26,30). The Labute approximate surface area is 194 Å². The summed E-state index contributed by atoms with van der Waals surface area (Å²) in [7, 11) is 1.47. The van der Waals surface area contributed by atoms with Crippen LogP contribution in [0, 0.1) is 6.92 Å². The summed E-state index contributed by atoms with van der Waals surface area (Å²) in [6.45, 7) is 2.44. The van der Waals surface area contributed by atoms with Crippen molar-refractivity contribution in [1.82, 2.24) is 19.0 Å². The number of nitrogens with zero attached hydrogens (tertiary/aromatic N) is 4. The van der Waals surface area contributed by atoms with Crippen molar-refractivity contribution in [3.63, 3.8) is 0 Å². The fourth-order valence-electron chi connectivity index (χ4n) is 4.06. The van der Waals surface area contributed by atoms with Crippen LogP contribution in [0.15, 0.2) is 39.9 Å². The van der Waals surface area contributed by atoms with E-state index in [0.717, 1.165) is 23.8 Å². The molecule has 1 aliphatic rings. The fourth-order valence-corrected chi connectivity index (χ4v) is 4.18. The normalized spacial score (nSPS) is 13.8. The molecule has 1 saturated heterocycles. The molecular formula is C23H24ClN5O4. The van der Waals surface area contributed by atoms with E-state index in [1.54, 1.807) is 42.2 Å². The first-order chi connectivity index (χ1) is 15.8. The minimum absolute atomic E-state index is 0.0394.